The summed E-state index contributed by atoms with van der Waals surface area (Å²) in [4.78, 5) is 22.4. The Bertz CT molecular complexity index is 564. The molecular formula is C21H32O4. The molecule has 1 aromatic rings. The summed E-state index contributed by atoms with van der Waals surface area (Å²) in [7, 11) is 0. The zero-order valence-corrected chi connectivity index (χ0v) is 16.2. The fourth-order valence-corrected chi connectivity index (χ4v) is 2.92. The quantitative estimate of drug-likeness (QED) is 0.633. The van der Waals surface area contributed by atoms with Gasteiger partial charge in [-0.05, 0) is 84.3 Å². The SMILES string of the molecule is Cc1cc(CCCC(C)(C)C(=O)O)cc(CCCC(C)(C)C(=O)O)c1. The molecule has 0 radical (unpaired) electrons. The second-order valence-electron chi connectivity index (χ2n) is 8.41. The van der Waals surface area contributed by atoms with E-state index in [2.05, 4.69) is 25.1 Å². The Hall–Kier alpha value is -1.84. The van der Waals surface area contributed by atoms with Crippen molar-refractivity contribution < 1.29 is 19.8 Å². The minimum absolute atomic E-state index is 0.651. The van der Waals surface area contributed by atoms with E-state index < -0.39 is 22.8 Å². The fraction of sp³-hybridized carbons (Fsp3) is 0.619. The second-order valence-corrected chi connectivity index (χ2v) is 8.41. The molecule has 4 nitrogen and oxygen atoms in total. The van der Waals surface area contributed by atoms with Crippen LogP contribution in [0.5, 0.6) is 0 Å². The number of rotatable bonds is 10. The first-order chi connectivity index (χ1) is 11.4. The molecule has 0 bridgehead atoms. The standard InChI is InChI=1S/C21H32O4/c1-15-12-16(8-6-10-20(2,3)18(22)23)14-17(13-15)9-7-11-21(4,5)19(24)25/h12-14H,6-11H2,1-5H3,(H,22,23)(H,24,25). The largest absolute Gasteiger partial charge is 0.481 e. The van der Waals surface area contributed by atoms with Crippen molar-refractivity contribution in [2.45, 2.75) is 73.1 Å². The van der Waals surface area contributed by atoms with Crippen LogP contribution < -0.4 is 0 Å². The van der Waals surface area contributed by atoms with Gasteiger partial charge in [-0.3, -0.25) is 9.59 Å². The number of carboxylic acids is 2. The highest BCUT2D eigenvalue weighted by Crippen LogP contribution is 2.26. The maximum absolute atomic E-state index is 11.2. The van der Waals surface area contributed by atoms with E-state index in [0.717, 1.165) is 25.7 Å². The van der Waals surface area contributed by atoms with Crippen molar-refractivity contribution in [2.75, 3.05) is 0 Å². The Morgan fingerprint density at radius 2 is 1.16 bits per heavy atom. The van der Waals surface area contributed by atoms with Gasteiger partial charge in [0.05, 0.1) is 10.8 Å². The average molecular weight is 348 g/mol. The van der Waals surface area contributed by atoms with Crippen LogP contribution in [0, 0.1) is 17.8 Å². The molecule has 0 aromatic heterocycles. The van der Waals surface area contributed by atoms with Gasteiger partial charge in [0.15, 0.2) is 0 Å². The Labute approximate surface area is 151 Å². The molecule has 0 aliphatic heterocycles. The zero-order chi connectivity index (χ0) is 19.3. The molecule has 1 rings (SSSR count). The molecule has 25 heavy (non-hydrogen) atoms. The number of carbonyl (C=O) groups is 2. The molecule has 4 heteroatoms. The van der Waals surface area contributed by atoms with Crippen LogP contribution in [-0.2, 0) is 22.4 Å². The van der Waals surface area contributed by atoms with Gasteiger partial charge in [-0.25, -0.2) is 0 Å². The smallest absolute Gasteiger partial charge is 0.309 e. The lowest BCUT2D eigenvalue weighted by atomic mass is 9.85. The van der Waals surface area contributed by atoms with Gasteiger partial charge in [0, 0.05) is 0 Å². The van der Waals surface area contributed by atoms with Crippen molar-refractivity contribution in [2.24, 2.45) is 10.8 Å². The molecule has 0 fully saturated rings. The van der Waals surface area contributed by atoms with E-state index in [1.165, 1.54) is 16.7 Å². The first kappa shape index (κ1) is 21.2. The summed E-state index contributed by atoms with van der Waals surface area (Å²) in [5.74, 6) is -1.50. The predicted octanol–water partition coefficient (Wildman–Crippen LogP) is 4.86. The van der Waals surface area contributed by atoms with Crippen molar-refractivity contribution in [3.63, 3.8) is 0 Å². The Balaban J connectivity index is 2.61. The van der Waals surface area contributed by atoms with Gasteiger partial charge in [0.2, 0.25) is 0 Å². The molecule has 0 heterocycles. The van der Waals surface area contributed by atoms with Crippen LogP contribution in [0.3, 0.4) is 0 Å². The monoisotopic (exact) mass is 348 g/mol. The molecular weight excluding hydrogens is 316 g/mol. The Kier molecular flexibility index (Phi) is 7.21. The summed E-state index contributed by atoms with van der Waals surface area (Å²) in [5, 5.41) is 18.4. The third kappa shape index (κ3) is 6.89. The molecule has 0 aliphatic carbocycles. The summed E-state index contributed by atoms with van der Waals surface area (Å²) in [6.07, 6.45) is 4.72. The van der Waals surface area contributed by atoms with Crippen LogP contribution in [0.1, 0.15) is 70.1 Å². The summed E-state index contributed by atoms with van der Waals surface area (Å²) in [6, 6.07) is 6.48. The van der Waals surface area contributed by atoms with Gasteiger partial charge < -0.3 is 10.2 Å². The van der Waals surface area contributed by atoms with Gasteiger partial charge in [0.1, 0.15) is 0 Å². The van der Waals surface area contributed by atoms with Crippen molar-refractivity contribution in [3.8, 4) is 0 Å². The van der Waals surface area contributed by atoms with Gasteiger partial charge in [-0.1, -0.05) is 23.8 Å². The normalized spacial score (nSPS) is 12.2. The molecule has 2 N–H and O–H groups in total. The number of hydrogen-bond acceptors (Lipinski definition) is 2. The highest BCUT2D eigenvalue weighted by Gasteiger charge is 2.27. The van der Waals surface area contributed by atoms with Crippen molar-refractivity contribution >= 4 is 11.9 Å². The molecule has 0 unspecified atom stereocenters. The second kappa shape index (κ2) is 8.50. The van der Waals surface area contributed by atoms with Gasteiger partial charge in [-0.15, -0.1) is 0 Å². The first-order valence-corrected chi connectivity index (χ1v) is 9.00. The summed E-state index contributed by atoms with van der Waals surface area (Å²) in [5.41, 5.74) is 2.29. The third-order valence-electron chi connectivity index (χ3n) is 4.89. The van der Waals surface area contributed by atoms with Crippen LogP contribution in [-0.4, -0.2) is 22.2 Å². The number of carboxylic acid groups (broad SMARTS) is 2. The number of benzene rings is 1. The summed E-state index contributed by atoms with van der Waals surface area (Å²) >= 11 is 0. The molecule has 0 saturated carbocycles. The molecule has 0 spiro atoms. The average Bonchev–Trinajstić information content (AvgIpc) is 2.46. The van der Waals surface area contributed by atoms with Crippen LogP contribution in [0.25, 0.3) is 0 Å². The van der Waals surface area contributed by atoms with E-state index in [0.29, 0.717) is 12.8 Å². The summed E-state index contributed by atoms with van der Waals surface area (Å²) < 4.78 is 0. The maximum Gasteiger partial charge on any atom is 0.309 e. The van der Waals surface area contributed by atoms with Crippen LogP contribution >= 0.6 is 0 Å². The number of aliphatic carboxylic acids is 2. The van der Waals surface area contributed by atoms with Gasteiger partial charge in [0.25, 0.3) is 0 Å². The lowest BCUT2D eigenvalue weighted by Gasteiger charge is -2.19. The van der Waals surface area contributed by atoms with E-state index in [4.69, 9.17) is 0 Å². The zero-order valence-electron chi connectivity index (χ0n) is 16.2. The Morgan fingerprint density at radius 1 is 0.800 bits per heavy atom. The molecule has 140 valence electrons. The number of aryl methyl sites for hydroxylation is 3. The highest BCUT2D eigenvalue weighted by molar-refractivity contribution is 5.73. The minimum atomic E-state index is -0.751. The first-order valence-electron chi connectivity index (χ1n) is 9.00. The molecule has 0 saturated heterocycles. The minimum Gasteiger partial charge on any atom is -0.481 e. The fourth-order valence-electron chi connectivity index (χ4n) is 2.92. The van der Waals surface area contributed by atoms with Gasteiger partial charge in [-0.2, -0.15) is 0 Å². The molecule has 0 aliphatic rings. The van der Waals surface area contributed by atoms with E-state index in [9.17, 15) is 19.8 Å². The van der Waals surface area contributed by atoms with Crippen molar-refractivity contribution in [1.29, 1.82) is 0 Å². The van der Waals surface area contributed by atoms with Crippen LogP contribution in [0.2, 0.25) is 0 Å². The lowest BCUT2D eigenvalue weighted by Crippen LogP contribution is -2.23. The summed E-state index contributed by atoms with van der Waals surface area (Å²) in [6.45, 7) is 9.13. The third-order valence-corrected chi connectivity index (χ3v) is 4.89. The highest BCUT2D eigenvalue weighted by atomic mass is 16.4. The van der Waals surface area contributed by atoms with Crippen LogP contribution in [0.4, 0.5) is 0 Å². The lowest BCUT2D eigenvalue weighted by molar-refractivity contribution is -0.148. The number of hydrogen-bond donors (Lipinski definition) is 2. The molecule has 1 aromatic carbocycles. The molecule has 0 amide bonds. The van der Waals surface area contributed by atoms with Crippen molar-refractivity contribution in [3.05, 3.63) is 34.9 Å². The van der Waals surface area contributed by atoms with Crippen molar-refractivity contribution in [1.82, 2.24) is 0 Å². The van der Waals surface area contributed by atoms with Crippen LogP contribution in [0.15, 0.2) is 18.2 Å². The van der Waals surface area contributed by atoms with E-state index >= 15 is 0 Å². The molecule has 0 atom stereocenters. The van der Waals surface area contributed by atoms with E-state index in [1.807, 2.05) is 0 Å². The van der Waals surface area contributed by atoms with Gasteiger partial charge >= 0.3 is 11.9 Å². The maximum atomic E-state index is 11.2. The van der Waals surface area contributed by atoms with E-state index in [1.54, 1.807) is 27.7 Å². The Morgan fingerprint density at radius 3 is 1.48 bits per heavy atom. The predicted molar refractivity (Wildman–Crippen MR) is 99.9 cm³/mol. The topological polar surface area (TPSA) is 74.6 Å². The van der Waals surface area contributed by atoms with E-state index in [-0.39, 0.29) is 0 Å².